The number of aryl methyl sites for hydroxylation is 1. The van der Waals surface area contributed by atoms with E-state index < -0.39 is 0 Å². The molecule has 1 saturated carbocycles. The Bertz CT molecular complexity index is 993. The van der Waals surface area contributed by atoms with Gasteiger partial charge >= 0.3 is 0 Å². The summed E-state index contributed by atoms with van der Waals surface area (Å²) in [7, 11) is 1.65. The van der Waals surface area contributed by atoms with Crippen LogP contribution >= 0.6 is 11.3 Å². The highest BCUT2D eigenvalue weighted by atomic mass is 32.1. The van der Waals surface area contributed by atoms with E-state index >= 15 is 0 Å². The Morgan fingerprint density at radius 1 is 1.07 bits per heavy atom. The number of para-hydroxylation sites is 2. The highest BCUT2D eigenvalue weighted by Gasteiger charge is 2.32. The van der Waals surface area contributed by atoms with E-state index in [1.807, 2.05) is 47.4 Å². The topological polar surface area (TPSA) is 42.4 Å². The number of methoxy groups -OCH3 is 1. The number of carbonyl (C=O) groups is 1. The summed E-state index contributed by atoms with van der Waals surface area (Å²) < 4.78 is 5.62. The van der Waals surface area contributed by atoms with Crippen molar-refractivity contribution in [1.82, 2.24) is 4.98 Å². The molecule has 30 heavy (non-hydrogen) atoms. The van der Waals surface area contributed by atoms with Gasteiger partial charge in [0.2, 0.25) is 5.91 Å². The Morgan fingerprint density at radius 3 is 2.47 bits per heavy atom. The molecule has 156 valence electrons. The van der Waals surface area contributed by atoms with Gasteiger partial charge < -0.3 is 4.74 Å². The molecule has 4 nitrogen and oxygen atoms in total. The molecule has 4 rings (SSSR count). The van der Waals surface area contributed by atoms with Crippen molar-refractivity contribution >= 4 is 28.1 Å². The summed E-state index contributed by atoms with van der Waals surface area (Å²) in [5.41, 5.74) is 2.82. The molecule has 1 heterocycles. The highest BCUT2D eigenvalue weighted by molar-refractivity contribution is 7.16. The van der Waals surface area contributed by atoms with Gasteiger partial charge in [-0.25, -0.2) is 4.98 Å². The van der Waals surface area contributed by atoms with Gasteiger partial charge in [0.15, 0.2) is 5.13 Å². The van der Waals surface area contributed by atoms with Crippen LogP contribution in [0.2, 0.25) is 0 Å². The van der Waals surface area contributed by atoms with Crippen LogP contribution < -0.4 is 9.64 Å². The summed E-state index contributed by atoms with van der Waals surface area (Å²) >= 11 is 1.61. The fourth-order valence-electron chi connectivity index (χ4n) is 4.16. The lowest BCUT2D eigenvalue weighted by atomic mass is 9.88. The zero-order valence-electron chi connectivity index (χ0n) is 17.6. The minimum atomic E-state index is 0.0396. The lowest BCUT2D eigenvalue weighted by molar-refractivity contribution is -0.122. The first-order chi connectivity index (χ1) is 14.7. The van der Waals surface area contributed by atoms with E-state index in [1.54, 1.807) is 18.4 Å². The Morgan fingerprint density at radius 2 is 1.77 bits per heavy atom. The van der Waals surface area contributed by atoms with Gasteiger partial charge in [0.25, 0.3) is 0 Å². The molecule has 0 unspecified atom stereocenters. The van der Waals surface area contributed by atoms with Crippen LogP contribution in [-0.2, 0) is 11.2 Å². The first-order valence-corrected chi connectivity index (χ1v) is 11.6. The zero-order valence-corrected chi connectivity index (χ0v) is 18.5. The van der Waals surface area contributed by atoms with E-state index in [9.17, 15) is 4.79 Å². The molecule has 2 aromatic carbocycles. The number of anilines is 2. The molecule has 0 N–H and O–H groups in total. The van der Waals surface area contributed by atoms with Crippen molar-refractivity contribution in [2.75, 3.05) is 12.0 Å². The largest absolute Gasteiger partial charge is 0.495 e. The Hall–Kier alpha value is -2.66. The quantitative estimate of drug-likeness (QED) is 0.450. The first kappa shape index (κ1) is 20.6. The minimum absolute atomic E-state index is 0.0396. The molecule has 1 amide bonds. The average Bonchev–Trinajstić information content (AvgIpc) is 3.24. The zero-order chi connectivity index (χ0) is 20.9. The molecule has 0 radical (unpaired) electrons. The van der Waals surface area contributed by atoms with Crippen LogP contribution in [-0.4, -0.2) is 18.0 Å². The molecule has 1 fully saturated rings. The first-order valence-electron chi connectivity index (χ1n) is 10.7. The van der Waals surface area contributed by atoms with E-state index in [1.165, 1.54) is 11.3 Å². The summed E-state index contributed by atoms with van der Waals surface area (Å²) in [4.78, 5) is 21.7. The molecular weight excluding hydrogens is 392 g/mol. The van der Waals surface area contributed by atoms with Crippen molar-refractivity contribution in [1.29, 1.82) is 0 Å². The van der Waals surface area contributed by atoms with Gasteiger partial charge in [-0.2, -0.15) is 0 Å². The molecule has 5 heteroatoms. The Balaban J connectivity index is 1.82. The van der Waals surface area contributed by atoms with Gasteiger partial charge in [0, 0.05) is 16.4 Å². The molecule has 0 aliphatic heterocycles. The van der Waals surface area contributed by atoms with E-state index in [4.69, 9.17) is 9.72 Å². The third-order valence-electron chi connectivity index (χ3n) is 5.75. The number of hydrogen-bond donors (Lipinski definition) is 0. The van der Waals surface area contributed by atoms with Crippen molar-refractivity contribution in [3.8, 4) is 17.0 Å². The lowest BCUT2D eigenvalue weighted by Crippen LogP contribution is -2.33. The van der Waals surface area contributed by atoms with Gasteiger partial charge in [-0.15, -0.1) is 11.3 Å². The second kappa shape index (κ2) is 9.43. The Kier molecular flexibility index (Phi) is 6.48. The van der Waals surface area contributed by atoms with Crippen LogP contribution in [0, 0.1) is 5.92 Å². The maximum absolute atomic E-state index is 13.7. The average molecular weight is 421 g/mol. The molecule has 0 saturated heterocycles. The fraction of sp³-hybridized carbons (Fsp3) is 0.360. The molecule has 0 spiro atoms. The SMILES string of the molecule is CCc1sc(N(C(=O)C2CCCCC2)c2ccccc2OC)nc1-c1ccccc1. The van der Waals surface area contributed by atoms with Gasteiger partial charge in [-0.1, -0.05) is 68.7 Å². The number of ether oxygens (including phenoxy) is 1. The monoisotopic (exact) mass is 420 g/mol. The molecule has 1 aliphatic carbocycles. The smallest absolute Gasteiger partial charge is 0.236 e. The third-order valence-corrected chi connectivity index (χ3v) is 6.93. The van der Waals surface area contributed by atoms with Crippen molar-refractivity contribution < 1.29 is 9.53 Å². The van der Waals surface area contributed by atoms with Crippen LogP contribution in [0.3, 0.4) is 0 Å². The molecule has 0 atom stereocenters. The van der Waals surface area contributed by atoms with Gasteiger partial charge in [0.05, 0.1) is 18.5 Å². The fourth-order valence-corrected chi connectivity index (χ4v) is 5.20. The van der Waals surface area contributed by atoms with Crippen LogP contribution in [0.5, 0.6) is 5.75 Å². The van der Waals surface area contributed by atoms with E-state index in [0.717, 1.165) is 54.2 Å². The van der Waals surface area contributed by atoms with Crippen molar-refractivity contribution in [3.63, 3.8) is 0 Å². The maximum atomic E-state index is 13.7. The molecule has 1 aromatic heterocycles. The summed E-state index contributed by atoms with van der Waals surface area (Å²) in [6.07, 6.45) is 6.21. The number of aromatic nitrogens is 1. The van der Waals surface area contributed by atoms with E-state index in [-0.39, 0.29) is 11.8 Å². The molecule has 0 bridgehead atoms. The van der Waals surface area contributed by atoms with Gasteiger partial charge in [-0.05, 0) is 31.4 Å². The minimum Gasteiger partial charge on any atom is -0.495 e. The molecule has 1 aliphatic rings. The number of thiazole rings is 1. The number of benzene rings is 2. The highest BCUT2D eigenvalue weighted by Crippen LogP contribution is 2.41. The van der Waals surface area contributed by atoms with Crippen molar-refractivity contribution in [2.45, 2.75) is 45.4 Å². The Labute approximate surface area is 182 Å². The number of carbonyl (C=O) groups excluding carboxylic acids is 1. The summed E-state index contributed by atoms with van der Waals surface area (Å²) in [5, 5.41) is 0.728. The van der Waals surface area contributed by atoms with Gasteiger partial charge in [0.1, 0.15) is 5.75 Å². The normalized spacial score (nSPS) is 14.5. The molecular formula is C25H28N2O2S. The standard InChI is InChI=1S/C25H28N2O2S/c1-3-22-23(18-12-6-4-7-13-18)26-25(30-22)27(20-16-10-11-17-21(20)29-2)24(28)19-14-8-5-9-15-19/h4,6-7,10-13,16-17,19H,3,5,8-9,14-15H2,1-2H3. The predicted molar refractivity (Wildman–Crippen MR) is 124 cm³/mol. The van der Waals surface area contributed by atoms with Crippen molar-refractivity contribution in [2.24, 2.45) is 5.92 Å². The van der Waals surface area contributed by atoms with E-state index in [2.05, 4.69) is 19.1 Å². The lowest BCUT2D eigenvalue weighted by Gasteiger charge is -2.28. The number of nitrogens with zero attached hydrogens (tertiary/aromatic N) is 2. The molecule has 3 aromatic rings. The van der Waals surface area contributed by atoms with Gasteiger partial charge in [-0.3, -0.25) is 9.69 Å². The van der Waals surface area contributed by atoms with E-state index in [0.29, 0.717) is 5.75 Å². The number of hydrogen-bond acceptors (Lipinski definition) is 4. The summed E-state index contributed by atoms with van der Waals surface area (Å²) in [6.45, 7) is 2.14. The van der Waals surface area contributed by atoms with Crippen LogP contribution in [0.1, 0.15) is 43.9 Å². The second-order valence-electron chi connectivity index (χ2n) is 7.67. The van der Waals surface area contributed by atoms with Crippen molar-refractivity contribution in [3.05, 3.63) is 59.5 Å². The van der Waals surface area contributed by atoms with Crippen LogP contribution in [0.4, 0.5) is 10.8 Å². The predicted octanol–water partition coefficient (Wildman–Crippen LogP) is 6.63. The second-order valence-corrected chi connectivity index (χ2v) is 8.73. The maximum Gasteiger partial charge on any atom is 0.236 e. The summed E-state index contributed by atoms with van der Waals surface area (Å²) in [6, 6.07) is 18.0. The number of amides is 1. The summed E-state index contributed by atoms with van der Waals surface area (Å²) in [5.74, 6) is 0.865. The van der Waals surface area contributed by atoms with Crippen LogP contribution in [0.15, 0.2) is 54.6 Å². The number of rotatable bonds is 6. The van der Waals surface area contributed by atoms with Crippen LogP contribution in [0.25, 0.3) is 11.3 Å². The third kappa shape index (κ3) is 4.12.